The average Bonchev–Trinajstić information content (AvgIpc) is 2.97. The summed E-state index contributed by atoms with van der Waals surface area (Å²) in [7, 11) is 1.57. The number of benzene rings is 2. The van der Waals surface area contributed by atoms with Gasteiger partial charge >= 0.3 is 6.03 Å². The Labute approximate surface area is 183 Å². The van der Waals surface area contributed by atoms with Crippen molar-refractivity contribution in [3.8, 4) is 5.75 Å². The van der Waals surface area contributed by atoms with E-state index in [0.717, 1.165) is 15.8 Å². The third-order valence-electron chi connectivity index (χ3n) is 5.32. The van der Waals surface area contributed by atoms with Gasteiger partial charge in [-0.1, -0.05) is 29.8 Å². The van der Waals surface area contributed by atoms with E-state index in [2.05, 4.69) is 10.3 Å². The van der Waals surface area contributed by atoms with E-state index < -0.39 is 11.6 Å². The molecule has 4 rings (SSSR count). The van der Waals surface area contributed by atoms with Crippen LogP contribution in [-0.4, -0.2) is 35.2 Å². The van der Waals surface area contributed by atoms with E-state index >= 15 is 0 Å². The minimum atomic E-state index is -1.16. The Morgan fingerprint density at radius 2 is 1.90 bits per heavy atom. The van der Waals surface area contributed by atoms with Crippen molar-refractivity contribution in [3.63, 3.8) is 0 Å². The van der Waals surface area contributed by atoms with Crippen LogP contribution in [-0.2, 0) is 16.9 Å². The highest BCUT2D eigenvalue weighted by Crippen LogP contribution is 2.32. The minimum Gasteiger partial charge on any atom is -0.497 e. The molecule has 3 aromatic rings. The molecule has 1 fully saturated rings. The molecule has 8 heteroatoms. The lowest BCUT2D eigenvalue weighted by atomic mass is 9.92. The predicted molar refractivity (Wildman–Crippen MR) is 118 cm³/mol. The zero-order valence-electron chi connectivity index (χ0n) is 16.7. The number of aromatic nitrogens is 1. The molecule has 0 saturated carbocycles. The number of amides is 3. The molecule has 2 aromatic carbocycles. The maximum absolute atomic E-state index is 13.2. The summed E-state index contributed by atoms with van der Waals surface area (Å²) < 4.78 is 5.17. The number of hydrogen-bond acceptors (Lipinski definition) is 5. The molecule has 1 aromatic heterocycles. The number of imide groups is 1. The monoisotopic (exact) mass is 441 g/mol. The minimum absolute atomic E-state index is 0.0441. The van der Waals surface area contributed by atoms with Crippen LogP contribution in [0.15, 0.2) is 53.4 Å². The Hall–Kier alpha value is -2.77. The van der Waals surface area contributed by atoms with E-state index in [1.165, 1.54) is 4.90 Å². The number of ether oxygens (including phenoxy) is 1. The molecule has 1 unspecified atom stereocenters. The Bertz CT molecular complexity index is 1150. The summed E-state index contributed by atoms with van der Waals surface area (Å²) >= 11 is 8.02. The van der Waals surface area contributed by atoms with Gasteiger partial charge in [-0.05, 0) is 49.1 Å². The van der Waals surface area contributed by atoms with Crippen LogP contribution >= 0.6 is 23.4 Å². The number of hydrogen-bond donors (Lipinski definition) is 1. The molecule has 0 spiro atoms. The smallest absolute Gasteiger partial charge is 0.325 e. The normalized spacial score (nSPS) is 18.7. The summed E-state index contributed by atoms with van der Waals surface area (Å²) in [5, 5.41) is 3.98. The molecule has 3 amide bonds. The van der Waals surface area contributed by atoms with Crippen molar-refractivity contribution in [2.45, 2.75) is 23.9 Å². The van der Waals surface area contributed by atoms with Crippen LogP contribution in [0, 0.1) is 0 Å². The first-order chi connectivity index (χ1) is 14.4. The number of pyridine rings is 1. The number of carbonyl (C=O) groups excluding carboxylic acids is 2. The predicted octanol–water partition coefficient (Wildman–Crippen LogP) is 4.59. The van der Waals surface area contributed by atoms with E-state index in [1.807, 2.05) is 30.5 Å². The summed E-state index contributed by atoms with van der Waals surface area (Å²) in [6.45, 7) is 1.74. The zero-order valence-corrected chi connectivity index (χ0v) is 18.3. The van der Waals surface area contributed by atoms with E-state index in [-0.39, 0.29) is 17.6 Å². The van der Waals surface area contributed by atoms with Crippen LogP contribution in [0.4, 0.5) is 4.79 Å². The molecule has 30 heavy (non-hydrogen) atoms. The molecule has 1 aliphatic rings. The first-order valence-corrected chi connectivity index (χ1v) is 10.9. The third kappa shape index (κ3) is 3.48. The fourth-order valence-corrected chi connectivity index (χ4v) is 4.17. The molecule has 2 heterocycles. The topological polar surface area (TPSA) is 71.5 Å². The van der Waals surface area contributed by atoms with Gasteiger partial charge in [-0.3, -0.25) is 9.69 Å². The first kappa shape index (κ1) is 20.5. The van der Waals surface area contributed by atoms with Gasteiger partial charge in [-0.15, -0.1) is 11.8 Å². The van der Waals surface area contributed by atoms with Crippen molar-refractivity contribution < 1.29 is 14.3 Å². The number of nitrogens with one attached hydrogen (secondary N) is 1. The third-order valence-corrected chi connectivity index (χ3v) is 6.37. The molecule has 1 saturated heterocycles. The lowest BCUT2D eigenvalue weighted by Crippen LogP contribution is -2.40. The summed E-state index contributed by atoms with van der Waals surface area (Å²) in [4.78, 5) is 32.6. The molecule has 154 valence electrons. The highest BCUT2D eigenvalue weighted by atomic mass is 35.5. The standard InChI is InChI=1S/C22H20ClN3O3S/c1-22(15-5-7-16(29-2)8-6-15)20(27)26(21(28)25-22)12-14-10-13-4-9-17(30-3)11-18(13)24-19(14)23/h4-11H,12H2,1-3H3,(H,25,28). The van der Waals surface area contributed by atoms with Crippen LogP contribution in [0.1, 0.15) is 18.1 Å². The number of urea groups is 1. The number of thioether (sulfide) groups is 1. The quantitative estimate of drug-likeness (QED) is 0.356. The van der Waals surface area contributed by atoms with Crippen molar-refractivity contribution in [3.05, 3.63) is 64.8 Å². The molecular weight excluding hydrogens is 422 g/mol. The van der Waals surface area contributed by atoms with Crippen molar-refractivity contribution >= 4 is 46.2 Å². The fourth-order valence-electron chi connectivity index (χ4n) is 3.54. The lowest BCUT2D eigenvalue weighted by Gasteiger charge is -2.22. The molecule has 0 radical (unpaired) electrons. The lowest BCUT2D eigenvalue weighted by molar-refractivity contribution is -0.131. The number of fused-ring (bicyclic) bond motifs is 1. The van der Waals surface area contributed by atoms with Crippen LogP contribution in [0.2, 0.25) is 5.15 Å². The second kappa shape index (κ2) is 7.81. The molecule has 0 bridgehead atoms. The average molecular weight is 442 g/mol. The second-order valence-corrected chi connectivity index (χ2v) is 8.41. The summed E-state index contributed by atoms with van der Waals surface area (Å²) in [5.41, 5.74) is 0.906. The molecule has 6 nitrogen and oxygen atoms in total. The van der Waals surface area contributed by atoms with E-state index in [1.54, 1.807) is 50.1 Å². The molecule has 0 aliphatic carbocycles. The molecule has 1 aliphatic heterocycles. The Morgan fingerprint density at radius 3 is 2.57 bits per heavy atom. The number of nitrogens with zero attached hydrogens (tertiary/aromatic N) is 2. The fraction of sp³-hybridized carbons (Fsp3) is 0.227. The molecule has 1 atom stereocenters. The zero-order chi connectivity index (χ0) is 21.5. The SMILES string of the molecule is COc1ccc(C2(C)NC(=O)N(Cc3cc4ccc(SC)cc4nc3Cl)C2=O)cc1. The Kier molecular flexibility index (Phi) is 5.34. The van der Waals surface area contributed by atoms with E-state index in [0.29, 0.717) is 16.9 Å². The van der Waals surface area contributed by atoms with Crippen LogP contribution in [0.25, 0.3) is 10.9 Å². The van der Waals surface area contributed by atoms with Crippen molar-refractivity contribution in [2.24, 2.45) is 0 Å². The van der Waals surface area contributed by atoms with Gasteiger partial charge in [0.25, 0.3) is 5.91 Å². The molecular formula is C22H20ClN3O3S. The summed E-state index contributed by atoms with van der Waals surface area (Å²) in [5.74, 6) is 0.334. The maximum atomic E-state index is 13.2. The second-order valence-electron chi connectivity index (χ2n) is 7.17. The summed E-state index contributed by atoms with van der Waals surface area (Å²) in [6, 6.07) is 14.4. The molecule has 1 N–H and O–H groups in total. The van der Waals surface area contributed by atoms with Crippen molar-refractivity contribution in [1.29, 1.82) is 0 Å². The van der Waals surface area contributed by atoms with Crippen LogP contribution in [0.5, 0.6) is 5.75 Å². The van der Waals surface area contributed by atoms with Gasteiger partial charge < -0.3 is 10.1 Å². The van der Waals surface area contributed by atoms with Gasteiger partial charge in [-0.2, -0.15) is 0 Å². The van der Waals surface area contributed by atoms with Gasteiger partial charge in [0, 0.05) is 15.8 Å². The van der Waals surface area contributed by atoms with E-state index in [9.17, 15) is 9.59 Å². The summed E-state index contributed by atoms with van der Waals surface area (Å²) in [6.07, 6.45) is 1.99. The number of rotatable bonds is 5. The number of methoxy groups -OCH3 is 1. The van der Waals surface area contributed by atoms with Gasteiger partial charge in [0.2, 0.25) is 0 Å². The first-order valence-electron chi connectivity index (χ1n) is 9.27. The van der Waals surface area contributed by atoms with Gasteiger partial charge in [0.05, 0.1) is 19.2 Å². The number of halogens is 1. The van der Waals surface area contributed by atoms with Crippen molar-refractivity contribution in [2.75, 3.05) is 13.4 Å². The maximum Gasteiger partial charge on any atom is 0.325 e. The Balaban J connectivity index is 1.64. The van der Waals surface area contributed by atoms with Crippen LogP contribution < -0.4 is 10.1 Å². The number of carbonyl (C=O) groups is 2. The Morgan fingerprint density at radius 1 is 1.17 bits per heavy atom. The van der Waals surface area contributed by atoms with Gasteiger partial charge in [0.1, 0.15) is 16.4 Å². The van der Waals surface area contributed by atoms with Gasteiger partial charge in [-0.25, -0.2) is 9.78 Å². The van der Waals surface area contributed by atoms with E-state index in [4.69, 9.17) is 16.3 Å². The highest BCUT2D eigenvalue weighted by molar-refractivity contribution is 7.98. The van der Waals surface area contributed by atoms with Crippen molar-refractivity contribution in [1.82, 2.24) is 15.2 Å². The van der Waals surface area contributed by atoms with Gasteiger partial charge in [0.15, 0.2) is 0 Å². The largest absolute Gasteiger partial charge is 0.497 e. The van der Waals surface area contributed by atoms with Crippen LogP contribution in [0.3, 0.4) is 0 Å². The highest BCUT2D eigenvalue weighted by Gasteiger charge is 2.49.